The van der Waals surface area contributed by atoms with Gasteiger partial charge in [0.15, 0.2) is 5.69 Å². The van der Waals surface area contributed by atoms with Crippen molar-refractivity contribution >= 4 is 27.8 Å². The van der Waals surface area contributed by atoms with E-state index in [1.165, 1.54) is 0 Å². The number of carboxylic acid groups (broad SMARTS) is 1. The molecule has 0 aliphatic heterocycles. The number of nitro groups is 1. The topological polar surface area (TPSA) is 137 Å². The molecule has 10 nitrogen and oxygen atoms in total. The lowest BCUT2D eigenvalue weighted by Gasteiger charge is -1.86. The van der Waals surface area contributed by atoms with Crippen LogP contribution in [-0.4, -0.2) is 35.7 Å². The molecule has 2 rings (SSSR count). The molecule has 0 saturated carbocycles. The summed E-state index contributed by atoms with van der Waals surface area (Å²) >= 11 is 2.91. The molecule has 0 fully saturated rings. The quantitative estimate of drug-likeness (QED) is 0.643. The summed E-state index contributed by atoms with van der Waals surface area (Å²) in [6.45, 7) is 0. The van der Waals surface area contributed by atoms with Crippen molar-refractivity contribution in [1.29, 1.82) is 0 Å². The highest BCUT2D eigenvalue weighted by Gasteiger charge is 2.24. The molecule has 2 aromatic heterocycles. The van der Waals surface area contributed by atoms with Gasteiger partial charge < -0.3 is 19.6 Å². The van der Waals surface area contributed by atoms with E-state index in [4.69, 9.17) is 9.52 Å². The first-order valence-electron chi connectivity index (χ1n) is 3.95. The van der Waals surface area contributed by atoms with Gasteiger partial charge in [0, 0.05) is 21.0 Å². The maximum absolute atomic E-state index is 10.6. The molecule has 0 radical (unpaired) electrons. The monoisotopic (exact) mass is 303 g/mol. The second-order valence-electron chi connectivity index (χ2n) is 2.67. The third-order valence-electron chi connectivity index (χ3n) is 1.61. The molecule has 0 aliphatic rings. The number of hydrogen-bond donors (Lipinski definition) is 1. The minimum absolute atomic E-state index is 0.0250. The SMILES string of the molecule is O=C(O)c1coc(-n2nc([N+](=O)[O-])nc2Br)n1. The van der Waals surface area contributed by atoms with Crippen LogP contribution in [0.25, 0.3) is 6.01 Å². The molecule has 0 aliphatic carbocycles. The average Bonchev–Trinajstić information content (AvgIpc) is 2.83. The van der Waals surface area contributed by atoms with Crippen LogP contribution in [-0.2, 0) is 0 Å². The van der Waals surface area contributed by atoms with Gasteiger partial charge in [-0.1, -0.05) is 4.68 Å². The van der Waals surface area contributed by atoms with Crippen molar-refractivity contribution in [3.05, 3.63) is 26.8 Å². The summed E-state index contributed by atoms with van der Waals surface area (Å²) in [7, 11) is 0. The van der Waals surface area contributed by atoms with Gasteiger partial charge >= 0.3 is 17.9 Å². The molecular formula is C6H2BrN5O5. The Morgan fingerprint density at radius 3 is 2.76 bits per heavy atom. The maximum atomic E-state index is 10.6. The van der Waals surface area contributed by atoms with E-state index in [0.29, 0.717) is 0 Å². The predicted molar refractivity (Wildman–Crippen MR) is 52.7 cm³/mol. The van der Waals surface area contributed by atoms with E-state index in [0.717, 1.165) is 10.9 Å². The zero-order valence-electron chi connectivity index (χ0n) is 7.77. The smallest absolute Gasteiger partial charge is 0.476 e. The summed E-state index contributed by atoms with van der Waals surface area (Å²) < 4.78 is 5.64. The van der Waals surface area contributed by atoms with Gasteiger partial charge in [0.1, 0.15) is 6.26 Å². The van der Waals surface area contributed by atoms with Crippen LogP contribution >= 0.6 is 15.9 Å². The molecule has 17 heavy (non-hydrogen) atoms. The minimum Gasteiger partial charge on any atom is -0.476 e. The van der Waals surface area contributed by atoms with E-state index in [-0.39, 0.29) is 16.4 Å². The molecule has 2 aromatic rings. The highest BCUT2D eigenvalue weighted by molar-refractivity contribution is 9.10. The van der Waals surface area contributed by atoms with Crippen molar-refractivity contribution in [2.24, 2.45) is 0 Å². The van der Waals surface area contributed by atoms with Gasteiger partial charge in [-0.25, -0.2) is 4.79 Å². The number of hydrogen-bond acceptors (Lipinski definition) is 7. The van der Waals surface area contributed by atoms with E-state index in [9.17, 15) is 14.9 Å². The first-order chi connectivity index (χ1) is 7.99. The van der Waals surface area contributed by atoms with Gasteiger partial charge in [-0.2, -0.15) is 4.98 Å². The number of nitrogens with zero attached hydrogens (tertiary/aromatic N) is 5. The Kier molecular flexibility index (Phi) is 2.59. The largest absolute Gasteiger partial charge is 0.492 e. The summed E-state index contributed by atoms with van der Waals surface area (Å²) in [6.07, 6.45) is 0.887. The van der Waals surface area contributed by atoms with E-state index >= 15 is 0 Å². The highest BCUT2D eigenvalue weighted by atomic mass is 79.9. The van der Waals surface area contributed by atoms with Crippen molar-refractivity contribution in [2.45, 2.75) is 0 Å². The van der Waals surface area contributed by atoms with Crippen LogP contribution < -0.4 is 0 Å². The molecule has 2 heterocycles. The molecule has 1 N–H and O–H groups in total. The number of oxazole rings is 1. The van der Waals surface area contributed by atoms with Crippen molar-refractivity contribution in [3.8, 4) is 6.01 Å². The molecule has 0 aromatic carbocycles. The second kappa shape index (κ2) is 3.93. The number of carbonyl (C=O) groups is 1. The standard InChI is InChI=1S/C6H2BrN5O5/c7-4-9-5(12(15)16)10-11(4)6-8-2(1-17-6)3(13)14/h1H,(H,13,14). The Morgan fingerprint density at radius 1 is 1.59 bits per heavy atom. The molecule has 0 spiro atoms. The molecule has 0 saturated heterocycles. The molecular weight excluding hydrogens is 302 g/mol. The van der Waals surface area contributed by atoms with E-state index in [1.54, 1.807) is 0 Å². The number of halogens is 1. The predicted octanol–water partition coefficient (Wildman–Crippen LogP) is 0.624. The van der Waals surface area contributed by atoms with Gasteiger partial charge in [-0.15, -0.1) is 0 Å². The fourth-order valence-electron chi connectivity index (χ4n) is 0.942. The van der Waals surface area contributed by atoms with E-state index < -0.39 is 16.8 Å². The Morgan fingerprint density at radius 2 is 2.29 bits per heavy atom. The number of aromatic nitrogens is 4. The Hall–Kier alpha value is -2.30. The first-order valence-corrected chi connectivity index (χ1v) is 4.74. The zero-order chi connectivity index (χ0) is 12.6. The van der Waals surface area contributed by atoms with Gasteiger partial charge in [-0.3, -0.25) is 0 Å². The fraction of sp³-hybridized carbons (Fsp3) is 0. The van der Waals surface area contributed by atoms with Crippen molar-refractivity contribution < 1.29 is 19.2 Å². The Labute approximate surface area is 100 Å². The molecule has 0 unspecified atom stereocenters. The van der Waals surface area contributed by atoms with Crippen molar-refractivity contribution in [3.63, 3.8) is 0 Å². The second-order valence-corrected chi connectivity index (χ2v) is 3.38. The maximum Gasteiger partial charge on any atom is 0.492 e. The number of rotatable bonds is 3. The zero-order valence-corrected chi connectivity index (χ0v) is 9.36. The van der Waals surface area contributed by atoms with Crippen molar-refractivity contribution in [2.75, 3.05) is 0 Å². The van der Waals surface area contributed by atoms with Crippen LogP contribution in [0.2, 0.25) is 0 Å². The summed E-state index contributed by atoms with van der Waals surface area (Å²) in [6, 6.07) is -0.241. The highest BCUT2D eigenvalue weighted by Crippen LogP contribution is 2.17. The normalized spacial score (nSPS) is 10.4. The fourth-order valence-corrected chi connectivity index (χ4v) is 1.33. The molecule has 11 heteroatoms. The lowest BCUT2D eigenvalue weighted by molar-refractivity contribution is -0.394. The third-order valence-corrected chi connectivity index (χ3v) is 2.13. The first kappa shape index (κ1) is 11.2. The summed E-state index contributed by atoms with van der Waals surface area (Å²) in [4.78, 5) is 27.2. The van der Waals surface area contributed by atoms with Gasteiger partial charge in [0.05, 0.1) is 0 Å². The van der Waals surface area contributed by atoms with Crippen LogP contribution in [0.1, 0.15) is 10.5 Å². The van der Waals surface area contributed by atoms with Gasteiger partial charge in [0.2, 0.25) is 0 Å². The Balaban J connectivity index is 2.45. The van der Waals surface area contributed by atoms with Crippen LogP contribution in [0.15, 0.2) is 15.4 Å². The minimum atomic E-state index is -1.29. The molecule has 0 bridgehead atoms. The van der Waals surface area contributed by atoms with Crippen LogP contribution in [0.3, 0.4) is 0 Å². The third kappa shape index (κ3) is 1.99. The number of carboxylic acids is 1. The molecule has 88 valence electrons. The van der Waals surface area contributed by atoms with E-state index in [1.807, 2.05) is 0 Å². The lowest BCUT2D eigenvalue weighted by Crippen LogP contribution is -2.01. The summed E-state index contributed by atoms with van der Waals surface area (Å²) in [5.41, 5.74) is -0.343. The van der Waals surface area contributed by atoms with Crippen molar-refractivity contribution in [1.82, 2.24) is 19.7 Å². The molecule has 0 atom stereocenters. The molecule has 0 amide bonds. The number of aromatic carboxylic acids is 1. The van der Waals surface area contributed by atoms with Crippen LogP contribution in [0, 0.1) is 10.1 Å². The van der Waals surface area contributed by atoms with E-state index in [2.05, 4.69) is 31.0 Å². The summed E-state index contributed by atoms with van der Waals surface area (Å²) in [5, 5.41) is 22.5. The summed E-state index contributed by atoms with van der Waals surface area (Å²) in [5.74, 6) is -1.95. The van der Waals surface area contributed by atoms with Gasteiger partial charge in [0.25, 0.3) is 4.73 Å². The Bertz CT molecular complexity index is 604. The lowest BCUT2D eigenvalue weighted by atomic mass is 10.5. The van der Waals surface area contributed by atoms with Crippen LogP contribution in [0.5, 0.6) is 0 Å². The average molecular weight is 304 g/mol. The van der Waals surface area contributed by atoms with Crippen LogP contribution in [0.4, 0.5) is 5.95 Å². The van der Waals surface area contributed by atoms with Gasteiger partial charge in [-0.05, 0) is 9.91 Å².